The molecule has 0 aliphatic heterocycles. The fourth-order valence-corrected chi connectivity index (χ4v) is 1.70. The molecule has 0 spiro atoms. The van der Waals surface area contributed by atoms with Crippen LogP contribution in [0.2, 0.25) is 0 Å². The maximum absolute atomic E-state index is 4.31. The zero-order valence-electron chi connectivity index (χ0n) is 11.6. The Bertz CT molecular complexity index is 344. The second-order valence-corrected chi connectivity index (χ2v) is 5.60. The van der Waals surface area contributed by atoms with Crippen molar-refractivity contribution in [1.29, 1.82) is 0 Å². The van der Waals surface area contributed by atoms with Crippen molar-refractivity contribution in [3.8, 4) is 0 Å². The highest BCUT2D eigenvalue weighted by Crippen LogP contribution is 2.19. The van der Waals surface area contributed by atoms with E-state index in [-0.39, 0.29) is 5.41 Å². The quantitative estimate of drug-likeness (QED) is 0.853. The Morgan fingerprint density at radius 2 is 2.00 bits per heavy atom. The summed E-state index contributed by atoms with van der Waals surface area (Å²) in [6.45, 7) is 10.7. The molecule has 1 rings (SSSR count). The second-order valence-electron chi connectivity index (χ2n) is 5.60. The largest absolute Gasteiger partial charge is 0.370 e. The molecule has 0 bridgehead atoms. The van der Waals surface area contributed by atoms with Gasteiger partial charge in [0.25, 0.3) is 0 Å². The minimum Gasteiger partial charge on any atom is -0.370 e. The van der Waals surface area contributed by atoms with Gasteiger partial charge >= 0.3 is 0 Å². The van der Waals surface area contributed by atoms with E-state index in [9.17, 15) is 0 Å². The number of rotatable bonds is 5. The first kappa shape index (κ1) is 13.7. The van der Waals surface area contributed by atoms with Crippen molar-refractivity contribution in [2.75, 3.05) is 30.4 Å². The number of hydrogen-bond acceptors (Lipinski definition) is 4. The van der Waals surface area contributed by atoms with Gasteiger partial charge in [0.1, 0.15) is 18.0 Å². The number of anilines is 2. The molecule has 0 fully saturated rings. The van der Waals surface area contributed by atoms with Crippen LogP contribution in [0.3, 0.4) is 0 Å². The monoisotopic (exact) mass is 236 g/mol. The lowest BCUT2D eigenvalue weighted by Gasteiger charge is -2.27. The van der Waals surface area contributed by atoms with Crippen molar-refractivity contribution in [1.82, 2.24) is 9.97 Å². The van der Waals surface area contributed by atoms with Crippen molar-refractivity contribution in [2.24, 2.45) is 5.41 Å². The fraction of sp³-hybridized carbons (Fsp3) is 0.692. The summed E-state index contributed by atoms with van der Waals surface area (Å²) in [5.74, 6) is 1.87. The van der Waals surface area contributed by atoms with Crippen molar-refractivity contribution in [3.63, 3.8) is 0 Å². The molecule has 1 N–H and O–H groups in total. The van der Waals surface area contributed by atoms with E-state index in [0.29, 0.717) is 0 Å². The molecular formula is C13H24N4. The van der Waals surface area contributed by atoms with Crippen molar-refractivity contribution >= 4 is 11.6 Å². The molecule has 0 aliphatic rings. The number of hydrogen-bond donors (Lipinski definition) is 1. The van der Waals surface area contributed by atoms with Crippen LogP contribution in [0.1, 0.15) is 34.1 Å². The first-order valence-electron chi connectivity index (χ1n) is 6.19. The van der Waals surface area contributed by atoms with Crippen LogP contribution in [0, 0.1) is 5.41 Å². The summed E-state index contributed by atoms with van der Waals surface area (Å²) in [6.07, 6.45) is 2.71. The third-order valence-corrected chi connectivity index (χ3v) is 2.31. The number of nitrogens with one attached hydrogen (secondary N) is 1. The zero-order valence-corrected chi connectivity index (χ0v) is 11.6. The number of aromatic nitrogens is 2. The third kappa shape index (κ3) is 5.02. The highest BCUT2D eigenvalue weighted by Gasteiger charge is 2.14. The van der Waals surface area contributed by atoms with Gasteiger partial charge in [0.05, 0.1) is 0 Å². The normalized spacial score (nSPS) is 11.4. The molecule has 1 heterocycles. The van der Waals surface area contributed by atoms with E-state index in [1.807, 2.05) is 6.07 Å². The van der Waals surface area contributed by atoms with E-state index in [2.05, 4.69) is 54.9 Å². The Hall–Kier alpha value is -1.32. The minimum atomic E-state index is 0.261. The van der Waals surface area contributed by atoms with Gasteiger partial charge in [-0.1, -0.05) is 27.7 Å². The highest BCUT2D eigenvalue weighted by molar-refractivity contribution is 5.47. The predicted octanol–water partition coefficient (Wildman–Crippen LogP) is 2.78. The highest BCUT2D eigenvalue weighted by atomic mass is 15.2. The molecule has 0 amide bonds. The Morgan fingerprint density at radius 1 is 1.29 bits per heavy atom. The molecule has 0 radical (unpaired) electrons. The molecular weight excluding hydrogens is 212 g/mol. The molecule has 0 aromatic carbocycles. The van der Waals surface area contributed by atoms with Crippen LogP contribution in [0.5, 0.6) is 0 Å². The molecule has 4 nitrogen and oxygen atoms in total. The van der Waals surface area contributed by atoms with Crippen LogP contribution >= 0.6 is 0 Å². The summed E-state index contributed by atoms with van der Waals surface area (Å²) in [5, 5.41) is 3.27. The van der Waals surface area contributed by atoms with Gasteiger partial charge in [0.15, 0.2) is 0 Å². The van der Waals surface area contributed by atoms with Crippen molar-refractivity contribution in [3.05, 3.63) is 12.4 Å². The van der Waals surface area contributed by atoms with Crippen molar-refractivity contribution < 1.29 is 0 Å². The Kier molecular flexibility index (Phi) is 4.73. The third-order valence-electron chi connectivity index (χ3n) is 2.31. The zero-order chi connectivity index (χ0) is 12.9. The van der Waals surface area contributed by atoms with Gasteiger partial charge in [0, 0.05) is 26.2 Å². The Balaban J connectivity index is 2.70. The lowest BCUT2D eigenvalue weighted by molar-refractivity contribution is 0.418. The molecule has 17 heavy (non-hydrogen) atoms. The van der Waals surface area contributed by atoms with E-state index in [0.717, 1.165) is 31.1 Å². The predicted molar refractivity (Wildman–Crippen MR) is 73.5 cm³/mol. The molecule has 0 saturated carbocycles. The molecule has 1 aromatic heterocycles. The second kappa shape index (κ2) is 5.84. The maximum atomic E-state index is 4.31. The fourth-order valence-electron chi connectivity index (χ4n) is 1.70. The van der Waals surface area contributed by atoms with Crippen LogP contribution in [0.25, 0.3) is 0 Å². The van der Waals surface area contributed by atoms with Crippen molar-refractivity contribution in [2.45, 2.75) is 34.1 Å². The van der Waals surface area contributed by atoms with Crippen LogP contribution in [0.15, 0.2) is 12.4 Å². The van der Waals surface area contributed by atoms with E-state index >= 15 is 0 Å². The van der Waals surface area contributed by atoms with Crippen LogP contribution in [-0.4, -0.2) is 30.1 Å². The van der Waals surface area contributed by atoms with Gasteiger partial charge in [-0.25, -0.2) is 9.97 Å². The Morgan fingerprint density at radius 3 is 2.59 bits per heavy atom. The molecule has 96 valence electrons. The first-order valence-corrected chi connectivity index (χ1v) is 6.19. The average molecular weight is 236 g/mol. The lowest BCUT2D eigenvalue weighted by atomic mass is 9.96. The molecule has 1 aromatic rings. The van der Waals surface area contributed by atoms with E-state index < -0.39 is 0 Å². The molecule has 0 atom stereocenters. The molecule has 0 aliphatic carbocycles. The molecule has 0 unspecified atom stereocenters. The minimum absolute atomic E-state index is 0.261. The van der Waals surface area contributed by atoms with Crippen LogP contribution < -0.4 is 10.2 Å². The summed E-state index contributed by atoms with van der Waals surface area (Å²) in [5.41, 5.74) is 0.261. The van der Waals surface area contributed by atoms with Gasteiger partial charge in [-0.2, -0.15) is 0 Å². The van der Waals surface area contributed by atoms with Gasteiger partial charge in [-0.15, -0.1) is 0 Å². The topological polar surface area (TPSA) is 41.0 Å². The smallest absolute Gasteiger partial charge is 0.133 e. The summed E-state index contributed by atoms with van der Waals surface area (Å²) in [4.78, 5) is 10.7. The summed E-state index contributed by atoms with van der Waals surface area (Å²) in [7, 11) is 2.07. The lowest BCUT2D eigenvalue weighted by Crippen LogP contribution is -2.29. The average Bonchev–Trinajstić information content (AvgIpc) is 2.24. The van der Waals surface area contributed by atoms with Gasteiger partial charge in [0.2, 0.25) is 0 Å². The summed E-state index contributed by atoms with van der Waals surface area (Å²) < 4.78 is 0. The van der Waals surface area contributed by atoms with E-state index in [1.165, 1.54) is 0 Å². The molecule has 0 saturated heterocycles. The maximum Gasteiger partial charge on any atom is 0.133 e. The summed E-state index contributed by atoms with van der Waals surface area (Å²) >= 11 is 0. The van der Waals surface area contributed by atoms with Crippen LogP contribution in [0.4, 0.5) is 11.6 Å². The van der Waals surface area contributed by atoms with E-state index in [1.54, 1.807) is 6.33 Å². The standard InChI is InChI=1S/C13H24N4/c1-6-7-14-11-8-12(16-10-15-11)17(5)9-13(2,3)4/h8,10H,6-7,9H2,1-5H3,(H,14,15,16). The van der Waals surface area contributed by atoms with Gasteiger partial charge in [-0.3, -0.25) is 0 Å². The number of nitrogens with zero attached hydrogens (tertiary/aromatic N) is 3. The molecule has 4 heteroatoms. The van der Waals surface area contributed by atoms with E-state index in [4.69, 9.17) is 0 Å². The first-order chi connectivity index (χ1) is 7.92. The van der Waals surface area contributed by atoms with Gasteiger partial charge in [-0.05, 0) is 11.8 Å². The summed E-state index contributed by atoms with van der Waals surface area (Å²) in [6, 6.07) is 2.00. The SMILES string of the molecule is CCCNc1cc(N(C)CC(C)(C)C)ncn1. The Labute approximate surface area is 104 Å². The van der Waals surface area contributed by atoms with Gasteiger partial charge < -0.3 is 10.2 Å². The van der Waals surface area contributed by atoms with Crippen LogP contribution in [-0.2, 0) is 0 Å².